The Bertz CT molecular complexity index is 645. The molecule has 0 saturated carbocycles. The number of allylic oxidation sites excluding steroid dienone is 1. The smallest absolute Gasteiger partial charge is 0.185 e. The van der Waals surface area contributed by atoms with Crippen molar-refractivity contribution in [1.82, 2.24) is 0 Å². The minimum atomic E-state index is -0.180. The van der Waals surface area contributed by atoms with Gasteiger partial charge in [-0.05, 0) is 12.2 Å². The maximum atomic E-state index is 11.9. The highest BCUT2D eigenvalue weighted by atomic mass is 16.5. The minimum absolute atomic E-state index is 0.106. The van der Waals surface area contributed by atoms with E-state index in [1.807, 2.05) is 6.07 Å². The average molecular weight is 270 g/mol. The summed E-state index contributed by atoms with van der Waals surface area (Å²) in [5, 5.41) is 19.2. The zero-order valence-corrected chi connectivity index (χ0v) is 10.9. The molecule has 2 rings (SSSR count). The van der Waals surface area contributed by atoms with Gasteiger partial charge in [0.25, 0.3) is 0 Å². The number of hydrogen-bond donors (Lipinski definition) is 2. The molecule has 0 fully saturated rings. The first-order chi connectivity index (χ1) is 9.61. The SMILES string of the molecule is COc1cc(O)cc(O)c1/C=C/C(=O)c1ccccc1. The predicted molar refractivity (Wildman–Crippen MR) is 76.1 cm³/mol. The minimum Gasteiger partial charge on any atom is -0.508 e. The summed E-state index contributed by atoms with van der Waals surface area (Å²) >= 11 is 0. The Balaban J connectivity index is 2.30. The van der Waals surface area contributed by atoms with Crippen LogP contribution in [0, 0.1) is 0 Å². The molecular weight excluding hydrogens is 256 g/mol. The summed E-state index contributed by atoms with van der Waals surface area (Å²) in [6.07, 6.45) is 2.81. The third-order valence-corrected chi connectivity index (χ3v) is 2.78. The zero-order chi connectivity index (χ0) is 14.5. The van der Waals surface area contributed by atoms with Crippen LogP contribution in [0.15, 0.2) is 48.5 Å². The van der Waals surface area contributed by atoms with E-state index < -0.39 is 0 Å². The van der Waals surface area contributed by atoms with E-state index in [1.54, 1.807) is 24.3 Å². The van der Waals surface area contributed by atoms with Gasteiger partial charge < -0.3 is 14.9 Å². The average Bonchev–Trinajstić information content (AvgIpc) is 2.46. The van der Waals surface area contributed by atoms with Crippen molar-refractivity contribution >= 4 is 11.9 Å². The second-order valence-electron chi connectivity index (χ2n) is 4.14. The fraction of sp³-hybridized carbons (Fsp3) is 0.0625. The van der Waals surface area contributed by atoms with Crippen molar-refractivity contribution < 1.29 is 19.7 Å². The first kappa shape index (κ1) is 13.7. The Morgan fingerprint density at radius 2 is 1.85 bits per heavy atom. The van der Waals surface area contributed by atoms with E-state index in [1.165, 1.54) is 31.4 Å². The van der Waals surface area contributed by atoms with Crippen LogP contribution >= 0.6 is 0 Å². The van der Waals surface area contributed by atoms with Gasteiger partial charge in [0.2, 0.25) is 0 Å². The summed E-state index contributed by atoms with van der Waals surface area (Å²) in [6, 6.07) is 11.4. The fourth-order valence-corrected chi connectivity index (χ4v) is 1.79. The molecule has 0 aliphatic carbocycles. The highest BCUT2D eigenvalue weighted by Gasteiger charge is 2.09. The van der Waals surface area contributed by atoms with Gasteiger partial charge in [-0.15, -0.1) is 0 Å². The third-order valence-electron chi connectivity index (χ3n) is 2.78. The molecule has 0 atom stereocenters. The molecular formula is C16H14O4. The van der Waals surface area contributed by atoms with Gasteiger partial charge >= 0.3 is 0 Å². The predicted octanol–water partition coefficient (Wildman–Crippen LogP) is 3.00. The van der Waals surface area contributed by atoms with Crippen molar-refractivity contribution in [1.29, 1.82) is 0 Å². The van der Waals surface area contributed by atoms with Gasteiger partial charge in [-0.1, -0.05) is 30.3 Å². The van der Waals surface area contributed by atoms with E-state index in [9.17, 15) is 15.0 Å². The van der Waals surface area contributed by atoms with Gasteiger partial charge in [-0.25, -0.2) is 0 Å². The van der Waals surface area contributed by atoms with Gasteiger partial charge in [-0.3, -0.25) is 4.79 Å². The Morgan fingerprint density at radius 3 is 2.50 bits per heavy atom. The molecule has 0 aromatic heterocycles. The third kappa shape index (κ3) is 2.98. The van der Waals surface area contributed by atoms with E-state index in [0.717, 1.165) is 0 Å². The number of carbonyl (C=O) groups is 1. The molecule has 0 radical (unpaired) electrons. The molecule has 0 aliphatic heterocycles. The van der Waals surface area contributed by atoms with Crippen molar-refractivity contribution in [2.24, 2.45) is 0 Å². The molecule has 0 amide bonds. The lowest BCUT2D eigenvalue weighted by atomic mass is 10.1. The lowest BCUT2D eigenvalue weighted by Gasteiger charge is -2.07. The molecule has 0 unspecified atom stereocenters. The van der Waals surface area contributed by atoms with Crippen LogP contribution in [0.3, 0.4) is 0 Å². The van der Waals surface area contributed by atoms with Crippen molar-refractivity contribution in [2.75, 3.05) is 7.11 Å². The summed E-state index contributed by atoms with van der Waals surface area (Å²) in [5.41, 5.74) is 0.899. The maximum Gasteiger partial charge on any atom is 0.185 e. The second-order valence-corrected chi connectivity index (χ2v) is 4.14. The lowest BCUT2D eigenvalue weighted by molar-refractivity contribution is 0.104. The van der Waals surface area contributed by atoms with Crippen molar-refractivity contribution in [3.8, 4) is 17.2 Å². The van der Waals surface area contributed by atoms with E-state index in [-0.39, 0.29) is 17.3 Å². The van der Waals surface area contributed by atoms with E-state index in [4.69, 9.17) is 4.74 Å². The van der Waals surface area contributed by atoms with E-state index >= 15 is 0 Å². The molecule has 4 heteroatoms. The summed E-state index contributed by atoms with van der Waals surface area (Å²) in [5.74, 6) is -0.149. The molecule has 0 spiro atoms. The quantitative estimate of drug-likeness (QED) is 0.662. The largest absolute Gasteiger partial charge is 0.508 e. The molecule has 0 saturated heterocycles. The van der Waals surface area contributed by atoms with Crippen LogP contribution in [0.2, 0.25) is 0 Å². The Kier molecular flexibility index (Phi) is 4.05. The number of rotatable bonds is 4. The Hall–Kier alpha value is -2.75. The fourth-order valence-electron chi connectivity index (χ4n) is 1.79. The number of aromatic hydroxyl groups is 2. The Labute approximate surface area is 116 Å². The maximum absolute atomic E-state index is 11.9. The molecule has 2 aromatic carbocycles. The number of methoxy groups -OCH3 is 1. The number of ether oxygens (including phenoxy) is 1. The van der Waals surface area contributed by atoms with Crippen molar-refractivity contribution in [3.63, 3.8) is 0 Å². The van der Waals surface area contributed by atoms with Gasteiger partial charge in [0.1, 0.15) is 17.2 Å². The van der Waals surface area contributed by atoms with Crippen LogP contribution in [0.5, 0.6) is 17.2 Å². The standard InChI is InChI=1S/C16H14O4/c1-20-16-10-12(17)9-15(19)13(16)7-8-14(18)11-5-3-2-4-6-11/h2-10,17,19H,1H3/b8-7+. The van der Waals surface area contributed by atoms with Gasteiger partial charge in [0.15, 0.2) is 5.78 Å². The summed E-state index contributed by atoms with van der Waals surface area (Å²) < 4.78 is 5.06. The molecule has 0 heterocycles. The number of ketones is 1. The zero-order valence-electron chi connectivity index (χ0n) is 10.9. The highest BCUT2D eigenvalue weighted by molar-refractivity contribution is 6.07. The first-order valence-corrected chi connectivity index (χ1v) is 5.99. The van der Waals surface area contributed by atoms with Crippen LogP contribution in [-0.4, -0.2) is 23.1 Å². The Morgan fingerprint density at radius 1 is 1.15 bits per heavy atom. The number of benzene rings is 2. The number of phenolic OH excluding ortho intramolecular Hbond substituents is 2. The second kappa shape index (κ2) is 5.93. The first-order valence-electron chi connectivity index (χ1n) is 5.99. The van der Waals surface area contributed by atoms with Crippen LogP contribution in [-0.2, 0) is 0 Å². The monoisotopic (exact) mass is 270 g/mol. The van der Waals surface area contributed by atoms with Crippen LogP contribution in [0.4, 0.5) is 0 Å². The van der Waals surface area contributed by atoms with Gasteiger partial charge in [-0.2, -0.15) is 0 Å². The molecule has 0 aliphatic rings. The number of phenols is 2. The van der Waals surface area contributed by atoms with Crippen molar-refractivity contribution in [2.45, 2.75) is 0 Å². The van der Waals surface area contributed by atoms with E-state index in [2.05, 4.69) is 0 Å². The van der Waals surface area contributed by atoms with Gasteiger partial charge in [0.05, 0.1) is 12.7 Å². The van der Waals surface area contributed by atoms with Crippen LogP contribution < -0.4 is 4.74 Å². The molecule has 2 aromatic rings. The normalized spacial score (nSPS) is 10.7. The number of carbonyl (C=O) groups excluding carboxylic acids is 1. The van der Waals surface area contributed by atoms with Crippen LogP contribution in [0.1, 0.15) is 15.9 Å². The molecule has 20 heavy (non-hydrogen) atoms. The van der Waals surface area contributed by atoms with Crippen LogP contribution in [0.25, 0.3) is 6.08 Å². The summed E-state index contributed by atoms with van der Waals surface area (Å²) in [6.45, 7) is 0. The molecule has 2 N–H and O–H groups in total. The van der Waals surface area contributed by atoms with Gasteiger partial charge in [0, 0.05) is 17.7 Å². The highest BCUT2D eigenvalue weighted by Crippen LogP contribution is 2.33. The number of hydrogen-bond acceptors (Lipinski definition) is 4. The molecule has 0 bridgehead atoms. The van der Waals surface area contributed by atoms with E-state index in [0.29, 0.717) is 16.9 Å². The topological polar surface area (TPSA) is 66.8 Å². The summed E-state index contributed by atoms with van der Waals surface area (Å²) in [4.78, 5) is 11.9. The lowest BCUT2D eigenvalue weighted by Crippen LogP contribution is -1.93. The van der Waals surface area contributed by atoms with Crippen molar-refractivity contribution in [3.05, 3.63) is 59.7 Å². The summed E-state index contributed by atoms with van der Waals surface area (Å²) in [7, 11) is 1.42. The molecule has 4 nitrogen and oxygen atoms in total. The molecule has 102 valence electrons.